The van der Waals surface area contributed by atoms with Gasteiger partial charge in [-0.25, -0.2) is 13.0 Å². The van der Waals surface area contributed by atoms with E-state index in [-0.39, 0.29) is 17.6 Å². The molecule has 3 aromatic carbocycles. The third-order valence-electron chi connectivity index (χ3n) is 6.03. The number of rotatable bonds is 8. The standard InChI is InChI=1S/C27H26BrF2NOS/c28-22-7-13-25(14-8-22)33(32)26-15-18-31(19-16-26)17-1-2-27(20-3-9-23(29)10-4-20)21-5-11-24(30)12-6-21/h3-15,27H,1-2,16-19H2/t33-/m1/s1. The van der Waals surface area contributed by atoms with Crippen LogP contribution in [-0.4, -0.2) is 28.7 Å². The van der Waals surface area contributed by atoms with Gasteiger partial charge in [0.25, 0.3) is 0 Å². The predicted octanol–water partition coefficient (Wildman–Crippen LogP) is 7.04. The lowest BCUT2D eigenvalue weighted by molar-refractivity contribution is 0.288. The Labute approximate surface area is 204 Å². The summed E-state index contributed by atoms with van der Waals surface area (Å²) in [5.74, 6) is -0.423. The van der Waals surface area contributed by atoms with Gasteiger partial charge in [-0.3, -0.25) is 4.90 Å². The van der Waals surface area contributed by atoms with Gasteiger partial charge in [0.1, 0.15) is 11.6 Å². The first-order valence-electron chi connectivity index (χ1n) is 11.1. The summed E-state index contributed by atoms with van der Waals surface area (Å²) < 4.78 is 40.7. The number of benzene rings is 3. The Kier molecular flexibility index (Phi) is 8.23. The highest BCUT2D eigenvalue weighted by molar-refractivity contribution is 9.10. The molecule has 1 atom stereocenters. The van der Waals surface area contributed by atoms with Gasteiger partial charge in [-0.05, 0) is 85.5 Å². The fourth-order valence-corrected chi connectivity index (χ4v) is 5.66. The summed E-state index contributed by atoms with van der Waals surface area (Å²) >= 11 is 3.41. The van der Waals surface area contributed by atoms with Gasteiger partial charge in [0, 0.05) is 33.3 Å². The van der Waals surface area contributed by atoms with Crippen molar-refractivity contribution in [3.05, 3.63) is 111 Å². The molecule has 0 N–H and O–H groups in total. The van der Waals surface area contributed by atoms with Crippen LogP contribution in [0.5, 0.6) is 0 Å². The molecule has 0 amide bonds. The zero-order valence-electron chi connectivity index (χ0n) is 18.2. The van der Waals surface area contributed by atoms with Crippen LogP contribution in [0.2, 0.25) is 0 Å². The van der Waals surface area contributed by atoms with Crippen molar-refractivity contribution >= 4 is 26.7 Å². The number of hydrogen-bond donors (Lipinski definition) is 0. The van der Waals surface area contributed by atoms with E-state index in [0.717, 1.165) is 64.3 Å². The van der Waals surface area contributed by atoms with Gasteiger partial charge < -0.3 is 0 Å². The summed E-state index contributed by atoms with van der Waals surface area (Å²) in [5, 5.41) is 0. The van der Waals surface area contributed by atoms with Gasteiger partial charge >= 0.3 is 0 Å². The first-order chi connectivity index (χ1) is 16.0. The summed E-state index contributed by atoms with van der Waals surface area (Å²) in [5.41, 5.74) is 2.07. The zero-order chi connectivity index (χ0) is 23.2. The Morgan fingerprint density at radius 1 is 0.879 bits per heavy atom. The summed E-state index contributed by atoms with van der Waals surface area (Å²) in [6.07, 6.45) is 4.73. The molecule has 0 bridgehead atoms. The fourth-order valence-electron chi connectivity index (χ4n) is 4.21. The Bertz CT molecular complexity index is 1070. The minimum Gasteiger partial charge on any atom is -0.299 e. The summed E-state index contributed by atoms with van der Waals surface area (Å²) in [7, 11) is -1.11. The topological polar surface area (TPSA) is 20.3 Å². The maximum atomic E-state index is 13.4. The van der Waals surface area contributed by atoms with Crippen molar-refractivity contribution in [2.75, 3.05) is 19.6 Å². The highest BCUT2D eigenvalue weighted by Gasteiger charge is 2.19. The van der Waals surface area contributed by atoms with E-state index >= 15 is 0 Å². The van der Waals surface area contributed by atoms with Gasteiger partial charge in [0.05, 0.1) is 10.8 Å². The number of hydrogen-bond acceptors (Lipinski definition) is 2. The molecule has 33 heavy (non-hydrogen) atoms. The maximum absolute atomic E-state index is 13.4. The largest absolute Gasteiger partial charge is 0.299 e. The summed E-state index contributed by atoms with van der Waals surface area (Å²) in [6, 6.07) is 20.8. The fraction of sp³-hybridized carbons (Fsp3) is 0.259. The van der Waals surface area contributed by atoms with Gasteiger partial charge in [0.15, 0.2) is 0 Å². The third-order valence-corrected chi connectivity index (χ3v) is 8.11. The average Bonchev–Trinajstić information content (AvgIpc) is 2.84. The molecular weight excluding hydrogens is 504 g/mol. The second-order valence-corrected chi connectivity index (χ2v) is 10.7. The molecule has 0 spiro atoms. The van der Waals surface area contributed by atoms with E-state index in [9.17, 15) is 13.0 Å². The van der Waals surface area contributed by atoms with Crippen molar-refractivity contribution < 1.29 is 13.0 Å². The van der Waals surface area contributed by atoms with Crippen LogP contribution in [0.15, 0.2) is 93.1 Å². The second-order valence-electron chi connectivity index (χ2n) is 8.24. The summed E-state index contributed by atoms with van der Waals surface area (Å²) in [6.45, 7) is 2.59. The van der Waals surface area contributed by atoms with Crippen LogP contribution in [0.1, 0.15) is 36.3 Å². The lowest BCUT2D eigenvalue weighted by atomic mass is 9.87. The first kappa shape index (κ1) is 24.0. The van der Waals surface area contributed by atoms with E-state index in [4.69, 9.17) is 0 Å². The molecule has 0 fully saturated rings. The maximum Gasteiger partial charge on any atom is 0.123 e. The molecular formula is C27H26BrF2NOS. The van der Waals surface area contributed by atoms with E-state index in [1.807, 2.05) is 48.5 Å². The van der Waals surface area contributed by atoms with Gasteiger partial charge in [0.2, 0.25) is 0 Å². The van der Waals surface area contributed by atoms with Crippen LogP contribution in [0.3, 0.4) is 0 Å². The van der Waals surface area contributed by atoms with E-state index in [2.05, 4.69) is 26.9 Å². The molecule has 2 nitrogen and oxygen atoms in total. The minimum absolute atomic E-state index is 0.0898. The molecule has 3 aromatic rings. The molecule has 0 unspecified atom stereocenters. The molecule has 0 saturated heterocycles. The quantitative estimate of drug-likeness (QED) is 0.312. The van der Waals surface area contributed by atoms with Gasteiger partial charge in [-0.1, -0.05) is 46.3 Å². The lowest BCUT2D eigenvalue weighted by Gasteiger charge is -2.27. The third kappa shape index (κ3) is 6.46. The highest BCUT2D eigenvalue weighted by atomic mass is 79.9. The van der Waals surface area contributed by atoms with Crippen LogP contribution >= 0.6 is 15.9 Å². The molecule has 1 heterocycles. The van der Waals surface area contributed by atoms with Crippen molar-refractivity contribution in [2.24, 2.45) is 0 Å². The molecule has 0 aliphatic carbocycles. The zero-order valence-corrected chi connectivity index (χ0v) is 20.6. The molecule has 172 valence electrons. The number of halogens is 3. The van der Waals surface area contributed by atoms with Crippen molar-refractivity contribution in [3.63, 3.8) is 0 Å². The van der Waals surface area contributed by atoms with Crippen molar-refractivity contribution in [1.29, 1.82) is 0 Å². The van der Waals surface area contributed by atoms with Crippen molar-refractivity contribution in [1.82, 2.24) is 4.90 Å². The lowest BCUT2D eigenvalue weighted by Crippen LogP contribution is -2.30. The second kappa shape index (κ2) is 11.3. The average molecular weight is 530 g/mol. The van der Waals surface area contributed by atoms with E-state index in [0.29, 0.717) is 0 Å². The van der Waals surface area contributed by atoms with Crippen LogP contribution < -0.4 is 0 Å². The van der Waals surface area contributed by atoms with E-state index in [1.165, 1.54) is 24.3 Å². The molecule has 0 aromatic heterocycles. The Balaban J connectivity index is 1.35. The normalized spacial score (nSPS) is 15.5. The number of nitrogens with zero attached hydrogens (tertiary/aromatic N) is 1. The molecule has 1 aliphatic heterocycles. The van der Waals surface area contributed by atoms with E-state index < -0.39 is 10.8 Å². The smallest absolute Gasteiger partial charge is 0.123 e. The van der Waals surface area contributed by atoms with Crippen molar-refractivity contribution in [2.45, 2.75) is 30.1 Å². The molecule has 1 aliphatic rings. The van der Waals surface area contributed by atoms with Crippen LogP contribution in [-0.2, 0) is 10.8 Å². The molecule has 0 radical (unpaired) electrons. The SMILES string of the molecule is O=[S@@](C1=CCN(CCCC(c2ccc(F)cc2)c2ccc(F)cc2)CC1)c1ccc(Br)cc1. The Morgan fingerprint density at radius 2 is 1.45 bits per heavy atom. The van der Waals surface area contributed by atoms with Crippen LogP contribution in [0, 0.1) is 11.6 Å². The summed E-state index contributed by atoms with van der Waals surface area (Å²) in [4.78, 5) is 4.19. The monoisotopic (exact) mass is 529 g/mol. The Morgan fingerprint density at radius 3 is 1.97 bits per heavy atom. The minimum atomic E-state index is -1.11. The van der Waals surface area contributed by atoms with Gasteiger partial charge in [-0.2, -0.15) is 0 Å². The van der Waals surface area contributed by atoms with Gasteiger partial charge in [-0.15, -0.1) is 0 Å². The van der Waals surface area contributed by atoms with E-state index in [1.54, 1.807) is 0 Å². The molecule has 6 heteroatoms. The predicted molar refractivity (Wildman–Crippen MR) is 134 cm³/mol. The molecule has 4 rings (SSSR count). The van der Waals surface area contributed by atoms with Crippen LogP contribution in [0.4, 0.5) is 8.78 Å². The molecule has 0 saturated carbocycles. The Hall–Kier alpha value is -2.15. The highest BCUT2D eigenvalue weighted by Crippen LogP contribution is 2.30. The van der Waals surface area contributed by atoms with Crippen molar-refractivity contribution in [3.8, 4) is 0 Å². The first-order valence-corrected chi connectivity index (χ1v) is 13.0. The van der Waals surface area contributed by atoms with Crippen LogP contribution in [0.25, 0.3) is 0 Å².